The van der Waals surface area contributed by atoms with Crippen LogP contribution < -0.4 is 0 Å². The summed E-state index contributed by atoms with van der Waals surface area (Å²) in [7, 11) is 1.53. The van der Waals surface area contributed by atoms with Gasteiger partial charge in [0, 0.05) is 13.6 Å². The molecule has 1 aliphatic rings. The largest absolute Gasteiger partial charge is 0.467 e. The van der Waals surface area contributed by atoms with Crippen LogP contribution in [0.25, 0.3) is 0 Å². The third kappa shape index (κ3) is 3.58. The molecule has 1 aliphatic heterocycles. The van der Waals surface area contributed by atoms with Gasteiger partial charge in [-0.05, 0) is 18.1 Å². The Hall–Kier alpha value is -2.64. The Morgan fingerprint density at radius 1 is 1.22 bits per heavy atom. The number of urea groups is 1. The van der Waals surface area contributed by atoms with Crippen molar-refractivity contribution in [2.45, 2.75) is 20.4 Å². The van der Waals surface area contributed by atoms with Crippen molar-refractivity contribution in [2.24, 2.45) is 5.92 Å². The number of carbonyl (C=O) groups is 4. The minimum absolute atomic E-state index is 0.0352. The number of hydrogen-bond acceptors (Lipinski definition) is 5. The maximum Gasteiger partial charge on any atom is 0.334 e. The van der Waals surface area contributed by atoms with E-state index in [1.165, 1.54) is 18.2 Å². The van der Waals surface area contributed by atoms with E-state index in [1.807, 2.05) is 13.8 Å². The first-order valence-electron chi connectivity index (χ1n) is 7.25. The predicted molar refractivity (Wildman–Crippen MR) is 78.8 cm³/mol. The molecule has 2 rings (SSSR count). The maximum atomic E-state index is 12.2. The Labute approximate surface area is 133 Å². The highest BCUT2D eigenvalue weighted by Gasteiger charge is 2.45. The Morgan fingerprint density at radius 2 is 1.87 bits per heavy atom. The maximum absolute atomic E-state index is 12.2. The van der Waals surface area contributed by atoms with Crippen LogP contribution in [0.4, 0.5) is 4.79 Å². The molecule has 0 unspecified atom stereocenters. The van der Waals surface area contributed by atoms with Gasteiger partial charge in [-0.25, -0.2) is 9.69 Å². The lowest BCUT2D eigenvalue weighted by Crippen LogP contribution is -2.42. The molecule has 8 nitrogen and oxygen atoms in total. The van der Waals surface area contributed by atoms with Crippen molar-refractivity contribution in [3.63, 3.8) is 0 Å². The molecular weight excluding hydrogens is 302 g/mol. The molecule has 0 bridgehead atoms. The smallest absolute Gasteiger partial charge is 0.334 e. The summed E-state index contributed by atoms with van der Waals surface area (Å²) in [4.78, 5) is 51.0. The molecule has 1 aromatic rings. The summed E-state index contributed by atoms with van der Waals surface area (Å²) in [6.45, 7) is 3.56. The van der Waals surface area contributed by atoms with Crippen LogP contribution >= 0.6 is 0 Å². The van der Waals surface area contributed by atoms with Crippen molar-refractivity contribution < 1.29 is 23.6 Å². The zero-order valence-electron chi connectivity index (χ0n) is 13.3. The molecule has 0 atom stereocenters. The minimum atomic E-state index is -0.963. The molecule has 0 radical (unpaired) electrons. The normalized spacial score (nSPS) is 15.0. The van der Waals surface area contributed by atoms with E-state index in [1.54, 1.807) is 12.1 Å². The number of nitrogens with zero attached hydrogens (tertiary/aromatic N) is 3. The average Bonchev–Trinajstić information content (AvgIpc) is 3.05. The number of amides is 5. The zero-order valence-corrected chi connectivity index (χ0v) is 13.3. The summed E-state index contributed by atoms with van der Waals surface area (Å²) in [6.07, 6.45) is 1.49. The van der Waals surface area contributed by atoms with Crippen LogP contribution in [-0.2, 0) is 20.9 Å². The summed E-state index contributed by atoms with van der Waals surface area (Å²) in [5.41, 5.74) is 0. The van der Waals surface area contributed by atoms with Gasteiger partial charge in [-0.15, -0.1) is 0 Å². The Morgan fingerprint density at radius 3 is 2.43 bits per heavy atom. The van der Waals surface area contributed by atoms with E-state index < -0.39 is 30.3 Å². The molecule has 5 amide bonds. The van der Waals surface area contributed by atoms with Gasteiger partial charge in [-0.1, -0.05) is 13.8 Å². The quantitative estimate of drug-likeness (QED) is 0.568. The molecule has 1 saturated heterocycles. The van der Waals surface area contributed by atoms with Crippen molar-refractivity contribution in [3.8, 4) is 0 Å². The van der Waals surface area contributed by atoms with Gasteiger partial charge in [0.05, 0.1) is 12.8 Å². The van der Waals surface area contributed by atoms with Crippen LogP contribution in [0.1, 0.15) is 19.6 Å². The molecule has 0 aromatic carbocycles. The van der Waals surface area contributed by atoms with E-state index >= 15 is 0 Å². The third-order valence-electron chi connectivity index (χ3n) is 3.38. The van der Waals surface area contributed by atoms with Gasteiger partial charge in [0.15, 0.2) is 0 Å². The van der Waals surface area contributed by atoms with E-state index in [2.05, 4.69) is 0 Å². The van der Waals surface area contributed by atoms with Gasteiger partial charge in [0.2, 0.25) is 5.91 Å². The van der Waals surface area contributed by atoms with Crippen molar-refractivity contribution in [2.75, 3.05) is 20.1 Å². The fourth-order valence-corrected chi connectivity index (χ4v) is 2.20. The van der Waals surface area contributed by atoms with E-state index in [4.69, 9.17) is 4.42 Å². The average molecular weight is 321 g/mol. The second-order valence-electron chi connectivity index (χ2n) is 5.81. The first-order valence-corrected chi connectivity index (χ1v) is 7.25. The lowest BCUT2D eigenvalue weighted by molar-refractivity contribution is -0.145. The highest BCUT2D eigenvalue weighted by atomic mass is 16.3. The summed E-state index contributed by atoms with van der Waals surface area (Å²) >= 11 is 0. The van der Waals surface area contributed by atoms with E-state index in [0.29, 0.717) is 10.7 Å². The molecule has 8 heteroatoms. The summed E-state index contributed by atoms with van der Waals surface area (Å²) in [5, 5.41) is 0. The standard InChI is InChI=1S/C15H19N3O5/c1-10(2)7-17-13(20)14(21)18(15(17)22)9-12(19)16(3)8-11-5-4-6-23-11/h4-6,10H,7-9H2,1-3H3. The first-order chi connectivity index (χ1) is 10.8. The van der Waals surface area contributed by atoms with Crippen LogP contribution in [0.2, 0.25) is 0 Å². The number of rotatable bonds is 6. The lowest BCUT2D eigenvalue weighted by Gasteiger charge is -2.20. The zero-order chi connectivity index (χ0) is 17.1. The summed E-state index contributed by atoms with van der Waals surface area (Å²) in [6, 6.07) is 2.67. The fourth-order valence-electron chi connectivity index (χ4n) is 2.20. The SMILES string of the molecule is CC(C)CN1C(=O)C(=O)N(CC(=O)N(C)Cc2ccco2)C1=O. The number of imide groups is 2. The molecule has 0 aliphatic carbocycles. The van der Waals surface area contributed by atoms with Crippen LogP contribution in [0, 0.1) is 5.92 Å². The third-order valence-corrected chi connectivity index (χ3v) is 3.38. The van der Waals surface area contributed by atoms with Gasteiger partial charge in [0.25, 0.3) is 0 Å². The molecular formula is C15H19N3O5. The van der Waals surface area contributed by atoms with Crippen molar-refractivity contribution in [1.29, 1.82) is 0 Å². The minimum Gasteiger partial charge on any atom is -0.467 e. The predicted octanol–water partition coefficient (Wildman–Crippen LogP) is 0.685. The van der Waals surface area contributed by atoms with E-state index in [9.17, 15) is 19.2 Å². The van der Waals surface area contributed by atoms with E-state index in [-0.39, 0.29) is 19.0 Å². The molecule has 0 spiro atoms. The number of carbonyl (C=O) groups excluding carboxylic acids is 4. The fraction of sp³-hybridized carbons (Fsp3) is 0.467. The number of furan rings is 1. The van der Waals surface area contributed by atoms with Crippen molar-refractivity contribution in [1.82, 2.24) is 14.7 Å². The molecule has 2 heterocycles. The van der Waals surface area contributed by atoms with Gasteiger partial charge in [-0.2, -0.15) is 0 Å². The Balaban J connectivity index is 2.01. The van der Waals surface area contributed by atoms with Gasteiger partial charge in [0.1, 0.15) is 12.3 Å². The van der Waals surface area contributed by atoms with Crippen LogP contribution in [-0.4, -0.2) is 58.6 Å². The Kier molecular flexibility index (Phi) is 4.83. The van der Waals surface area contributed by atoms with Crippen LogP contribution in [0.5, 0.6) is 0 Å². The topological polar surface area (TPSA) is 91.1 Å². The number of hydrogen-bond donors (Lipinski definition) is 0. The van der Waals surface area contributed by atoms with Gasteiger partial charge in [-0.3, -0.25) is 19.3 Å². The summed E-state index contributed by atoms with van der Waals surface area (Å²) < 4.78 is 5.14. The monoisotopic (exact) mass is 321 g/mol. The lowest BCUT2D eigenvalue weighted by atomic mass is 10.2. The highest BCUT2D eigenvalue weighted by Crippen LogP contribution is 2.14. The van der Waals surface area contributed by atoms with Crippen molar-refractivity contribution >= 4 is 23.8 Å². The molecule has 1 fully saturated rings. The molecule has 0 saturated carbocycles. The second kappa shape index (κ2) is 6.64. The highest BCUT2D eigenvalue weighted by molar-refractivity contribution is 6.45. The van der Waals surface area contributed by atoms with Crippen molar-refractivity contribution in [3.05, 3.63) is 24.2 Å². The molecule has 0 N–H and O–H groups in total. The second-order valence-corrected chi connectivity index (χ2v) is 5.81. The number of likely N-dealkylation sites (N-methyl/N-ethyl adjacent to an activating group) is 1. The van der Waals surface area contributed by atoms with Crippen LogP contribution in [0.3, 0.4) is 0 Å². The van der Waals surface area contributed by atoms with Crippen LogP contribution in [0.15, 0.2) is 22.8 Å². The van der Waals surface area contributed by atoms with E-state index in [0.717, 1.165) is 4.90 Å². The van der Waals surface area contributed by atoms with Gasteiger partial charge >= 0.3 is 17.8 Å². The molecule has 23 heavy (non-hydrogen) atoms. The van der Waals surface area contributed by atoms with Gasteiger partial charge < -0.3 is 9.32 Å². The Bertz CT molecular complexity index is 623. The first kappa shape index (κ1) is 16.7. The molecule has 1 aromatic heterocycles. The molecule has 124 valence electrons. The summed E-state index contributed by atoms with van der Waals surface area (Å²) in [5.74, 6) is -1.69.